The van der Waals surface area contributed by atoms with Gasteiger partial charge in [-0.3, -0.25) is 4.79 Å². The molecule has 1 N–H and O–H groups in total. The number of hydrogen-bond donors (Lipinski definition) is 1. The fraction of sp³-hybridized carbons (Fsp3) is 0.381. The lowest BCUT2D eigenvalue weighted by Crippen LogP contribution is -2.51. The third-order valence-electron chi connectivity index (χ3n) is 4.94. The predicted molar refractivity (Wildman–Crippen MR) is 99.4 cm³/mol. The molecule has 0 saturated carbocycles. The topological polar surface area (TPSA) is 41.6 Å². The number of rotatable bonds is 6. The van der Waals surface area contributed by atoms with E-state index in [9.17, 15) is 4.79 Å². The molecule has 0 aromatic heterocycles. The van der Waals surface area contributed by atoms with Crippen LogP contribution in [0.2, 0.25) is 0 Å². The summed E-state index contributed by atoms with van der Waals surface area (Å²) in [6.45, 7) is 3.41. The number of nitrogens with zero attached hydrogens (tertiary/aromatic N) is 1. The minimum Gasteiger partial charge on any atom is -0.496 e. The number of likely N-dealkylation sites (N-methyl/N-ethyl adjacent to an activating group) is 1. The van der Waals surface area contributed by atoms with Crippen LogP contribution in [0.5, 0.6) is 5.75 Å². The van der Waals surface area contributed by atoms with Crippen molar-refractivity contribution in [3.8, 4) is 5.75 Å². The highest BCUT2D eigenvalue weighted by Gasteiger charge is 2.34. The van der Waals surface area contributed by atoms with Crippen molar-refractivity contribution in [3.05, 3.63) is 65.7 Å². The first-order valence-electron chi connectivity index (χ1n) is 8.95. The van der Waals surface area contributed by atoms with E-state index in [-0.39, 0.29) is 18.0 Å². The number of para-hydroxylation sites is 1. The Balaban J connectivity index is 1.68. The van der Waals surface area contributed by atoms with Gasteiger partial charge in [0, 0.05) is 18.7 Å². The molecule has 4 heteroatoms. The first-order chi connectivity index (χ1) is 12.2. The van der Waals surface area contributed by atoms with Gasteiger partial charge in [-0.25, -0.2) is 0 Å². The quantitative estimate of drug-likeness (QED) is 0.876. The second-order valence-corrected chi connectivity index (χ2v) is 6.37. The maximum absolute atomic E-state index is 12.9. The first kappa shape index (κ1) is 17.5. The van der Waals surface area contributed by atoms with E-state index in [1.54, 1.807) is 7.11 Å². The summed E-state index contributed by atoms with van der Waals surface area (Å²) in [6, 6.07) is 18.3. The van der Waals surface area contributed by atoms with Crippen molar-refractivity contribution in [2.45, 2.75) is 38.4 Å². The zero-order valence-corrected chi connectivity index (χ0v) is 14.9. The van der Waals surface area contributed by atoms with Gasteiger partial charge < -0.3 is 15.0 Å². The Bertz CT molecular complexity index is 702. The fourth-order valence-electron chi connectivity index (χ4n) is 3.63. The lowest BCUT2D eigenvalue weighted by Gasteiger charge is -2.39. The monoisotopic (exact) mass is 338 g/mol. The summed E-state index contributed by atoms with van der Waals surface area (Å²) in [4.78, 5) is 14.9. The molecule has 1 amide bonds. The number of likely N-dealkylation sites (tertiary alicyclic amines) is 1. The highest BCUT2D eigenvalue weighted by Crippen LogP contribution is 2.31. The molecule has 0 radical (unpaired) electrons. The molecule has 0 bridgehead atoms. The Morgan fingerprint density at radius 1 is 1.08 bits per heavy atom. The van der Waals surface area contributed by atoms with Crippen LogP contribution >= 0.6 is 0 Å². The van der Waals surface area contributed by atoms with Crippen LogP contribution in [0.1, 0.15) is 36.9 Å². The maximum atomic E-state index is 12.9. The van der Waals surface area contributed by atoms with Crippen molar-refractivity contribution in [3.63, 3.8) is 0 Å². The molecule has 0 unspecified atom stereocenters. The SMILES string of the molecule is CCN1C(=O)[C@H](NCc2ccccc2OC)CC[C@@H]1c1ccccc1. The molecule has 132 valence electrons. The van der Waals surface area contributed by atoms with Gasteiger partial charge in [-0.15, -0.1) is 0 Å². The molecular formula is C21H26N2O2. The predicted octanol–water partition coefficient (Wildman–Crippen LogP) is 3.54. The summed E-state index contributed by atoms with van der Waals surface area (Å²) in [5.41, 5.74) is 2.30. The number of methoxy groups -OCH3 is 1. The number of carbonyl (C=O) groups excluding carboxylic acids is 1. The van der Waals surface area contributed by atoms with Gasteiger partial charge in [-0.05, 0) is 31.4 Å². The third kappa shape index (κ3) is 3.85. The van der Waals surface area contributed by atoms with Crippen LogP contribution in [-0.4, -0.2) is 30.5 Å². The molecule has 2 atom stereocenters. The van der Waals surface area contributed by atoms with Crippen molar-refractivity contribution in [2.75, 3.05) is 13.7 Å². The molecule has 1 heterocycles. The number of hydrogen-bond acceptors (Lipinski definition) is 3. The standard InChI is InChI=1S/C21H26N2O2/c1-3-23-19(16-9-5-4-6-10-16)14-13-18(21(23)24)22-15-17-11-7-8-12-20(17)25-2/h4-12,18-19,22H,3,13-15H2,1-2H3/t18-,19-/m1/s1. The molecule has 1 fully saturated rings. The average Bonchev–Trinajstić information content (AvgIpc) is 2.67. The third-order valence-corrected chi connectivity index (χ3v) is 4.94. The molecule has 25 heavy (non-hydrogen) atoms. The van der Waals surface area contributed by atoms with Crippen molar-refractivity contribution in [1.82, 2.24) is 10.2 Å². The number of ether oxygens (including phenoxy) is 1. The van der Waals surface area contributed by atoms with Gasteiger partial charge in [0.2, 0.25) is 5.91 Å². The zero-order chi connectivity index (χ0) is 17.6. The van der Waals surface area contributed by atoms with Crippen LogP contribution in [0.25, 0.3) is 0 Å². The molecule has 0 aliphatic carbocycles. The Morgan fingerprint density at radius 2 is 1.80 bits per heavy atom. The summed E-state index contributed by atoms with van der Waals surface area (Å²) in [6.07, 6.45) is 1.83. The van der Waals surface area contributed by atoms with Gasteiger partial charge in [0.1, 0.15) is 5.75 Å². The summed E-state index contributed by atoms with van der Waals surface area (Å²) >= 11 is 0. The Hall–Kier alpha value is -2.33. The van der Waals surface area contributed by atoms with E-state index in [1.807, 2.05) is 47.4 Å². The Morgan fingerprint density at radius 3 is 2.52 bits per heavy atom. The molecule has 1 aliphatic heterocycles. The molecule has 2 aromatic rings. The van der Waals surface area contributed by atoms with Crippen molar-refractivity contribution >= 4 is 5.91 Å². The number of nitrogens with one attached hydrogen (secondary N) is 1. The van der Waals surface area contributed by atoms with E-state index in [4.69, 9.17) is 4.74 Å². The van der Waals surface area contributed by atoms with Crippen LogP contribution in [0.15, 0.2) is 54.6 Å². The van der Waals surface area contributed by atoms with E-state index in [1.165, 1.54) is 5.56 Å². The van der Waals surface area contributed by atoms with Crippen LogP contribution < -0.4 is 10.1 Å². The van der Waals surface area contributed by atoms with E-state index >= 15 is 0 Å². The minimum absolute atomic E-state index is 0.134. The molecule has 3 rings (SSSR count). The lowest BCUT2D eigenvalue weighted by atomic mass is 9.92. The number of benzene rings is 2. The number of carbonyl (C=O) groups is 1. The van der Waals surface area contributed by atoms with Gasteiger partial charge in [-0.1, -0.05) is 48.5 Å². The fourth-order valence-corrected chi connectivity index (χ4v) is 3.63. The van der Waals surface area contributed by atoms with Crippen LogP contribution in [0.3, 0.4) is 0 Å². The number of amides is 1. The average molecular weight is 338 g/mol. The van der Waals surface area contributed by atoms with E-state index in [0.717, 1.165) is 30.7 Å². The maximum Gasteiger partial charge on any atom is 0.240 e. The highest BCUT2D eigenvalue weighted by atomic mass is 16.5. The molecule has 1 aliphatic rings. The van der Waals surface area contributed by atoms with E-state index in [0.29, 0.717) is 6.54 Å². The van der Waals surface area contributed by atoms with Crippen LogP contribution in [0, 0.1) is 0 Å². The van der Waals surface area contributed by atoms with Gasteiger partial charge in [0.25, 0.3) is 0 Å². The lowest BCUT2D eigenvalue weighted by molar-refractivity contribution is -0.139. The first-order valence-corrected chi connectivity index (χ1v) is 8.95. The van der Waals surface area contributed by atoms with Gasteiger partial charge in [-0.2, -0.15) is 0 Å². The molecular weight excluding hydrogens is 312 g/mol. The minimum atomic E-state index is -0.134. The molecule has 1 saturated heterocycles. The van der Waals surface area contributed by atoms with Crippen LogP contribution in [0.4, 0.5) is 0 Å². The second-order valence-electron chi connectivity index (χ2n) is 6.37. The Kier molecular flexibility index (Phi) is 5.71. The number of piperidine rings is 1. The van der Waals surface area contributed by atoms with E-state index < -0.39 is 0 Å². The van der Waals surface area contributed by atoms with Gasteiger partial charge in [0.15, 0.2) is 0 Å². The Labute approximate surface area is 149 Å². The molecule has 0 spiro atoms. The normalized spacial score (nSPS) is 20.6. The van der Waals surface area contributed by atoms with Gasteiger partial charge in [0.05, 0.1) is 19.2 Å². The van der Waals surface area contributed by atoms with Crippen LogP contribution in [-0.2, 0) is 11.3 Å². The molecule has 4 nitrogen and oxygen atoms in total. The van der Waals surface area contributed by atoms with Crippen molar-refractivity contribution < 1.29 is 9.53 Å². The van der Waals surface area contributed by atoms with E-state index in [2.05, 4.69) is 24.4 Å². The summed E-state index contributed by atoms with van der Waals surface area (Å²) in [5, 5.41) is 3.43. The zero-order valence-electron chi connectivity index (χ0n) is 14.9. The largest absolute Gasteiger partial charge is 0.496 e. The molecule has 2 aromatic carbocycles. The summed E-state index contributed by atoms with van der Waals surface area (Å²) in [7, 11) is 1.67. The van der Waals surface area contributed by atoms with Gasteiger partial charge >= 0.3 is 0 Å². The van der Waals surface area contributed by atoms with Crippen molar-refractivity contribution in [2.24, 2.45) is 0 Å². The van der Waals surface area contributed by atoms with Crippen molar-refractivity contribution in [1.29, 1.82) is 0 Å². The highest BCUT2D eigenvalue weighted by molar-refractivity contribution is 5.83. The summed E-state index contributed by atoms with van der Waals surface area (Å²) < 4.78 is 5.39. The second kappa shape index (κ2) is 8.17. The smallest absolute Gasteiger partial charge is 0.240 e. The summed E-state index contributed by atoms with van der Waals surface area (Å²) in [5.74, 6) is 1.05.